The minimum Gasteiger partial charge on any atom is -0.357 e. The molecule has 2 aliphatic heterocycles. The van der Waals surface area contributed by atoms with E-state index in [4.69, 9.17) is 12.2 Å². The molecule has 1 aromatic rings. The second-order valence-electron chi connectivity index (χ2n) is 9.40. The number of carbonyl (C=O) groups is 1. The lowest BCUT2D eigenvalue weighted by molar-refractivity contribution is -0.122. The van der Waals surface area contributed by atoms with Crippen molar-refractivity contribution in [3.63, 3.8) is 0 Å². The Morgan fingerprint density at radius 1 is 1.03 bits per heavy atom. The molecular formula is C27H38N4O2S2. The quantitative estimate of drug-likeness (QED) is 0.217. The van der Waals surface area contributed by atoms with Gasteiger partial charge in [-0.05, 0) is 44.7 Å². The van der Waals surface area contributed by atoms with Crippen molar-refractivity contribution in [3.8, 4) is 6.07 Å². The van der Waals surface area contributed by atoms with Crippen LogP contribution in [-0.4, -0.2) is 39.3 Å². The second kappa shape index (κ2) is 13.3. The van der Waals surface area contributed by atoms with Crippen molar-refractivity contribution in [2.75, 3.05) is 24.5 Å². The number of pyridine rings is 1. The molecule has 3 rings (SSSR count). The van der Waals surface area contributed by atoms with Gasteiger partial charge in [0.25, 0.3) is 11.5 Å². The van der Waals surface area contributed by atoms with Gasteiger partial charge in [-0.3, -0.25) is 19.1 Å². The molecule has 190 valence electrons. The van der Waals surface area contributed by atoms with Gasteiger partial charge < -0.3 is 4.90 Å². The molecule has 0 aromatic carbocycles. The van der Waals surface area contributed by atoms with Gasteiger partial charge in [0.15, 0.2) is 0 Å². The molecule has 2 fully saturated rings. The first-order valence-electron chi connectivity index (χ1n) is 13.1. The highest BCUT2D eigenvalue weighted by Gasteiger charge is 2.33. The second-order valence-corrected chi connectivity index (χ2v) is 11.1. The van der Waals surface area contributed by atoms with Crippen molar-refractivity contribution < 1.29 is 4.79 Å². The van der Waals surface area contributed by atoms with E-state index in [0.717, 1.165) is 50.2 Å². The number of aromatic nitrogens is 1. The molecule has 0 bridgehead atoms. The van der Waals surface area contributed by atoms with E-state index in [-0.39, 0.29) is 17.0 Å². The fourth-order valence-electron chi connectivity index (χ4n) is 4.93. The normalized spacial score (nSPS) is 17.8. The molecule has 2 saturated heterocycles. The minimum atomic E-state index is -0.250. The predicted molar refractivity (Wildman–Crippen MR) is 150 cm³/mol. The van der Waals surface area contributed by atoms with Crippen molar-refractivity contribution in [3.05, 3.63) is 31.9 Å². The molecule has 3 heterocycles. The molecule has 0 atom stereocenters. The molecular weight excluding hydrogens is 476 g/mol. The smallest absolute Gasteiger partial charge is 0.270 e. The van der Waals surface area contributed by atoms with Gasteiger partial charge >= 0.3 is 0 Å². The van der Waals surface area contributed by atoms with Gasteiger partial charge in [0.1, 0.15) is 21.8 Å². The highest BCUT2D eigenvalue weighted by atomic mass is 32.2. The highest BCUT2D eigenvalue weighted by Crippen LogP contribution is 2.36. The van der Waals surface area contributed by atoms with Crippen LogP contribution in [0.3, 0.4) is 0 Å². The summed E-state index contributed by atoms with van der Waals surface area (Å²) in [6.07, 6.45) is 13.3. The summed E-state index contributed by atoms with van der Waals surface area (Å²) >= 11 is 6.89. The zero-order valence-corrected chi connectivity index (χ0v) is 23.0. The molecule has 6 nitrogen and oxygen atoms in total. The summed E-state index contributed by atoms with van der Waals surface area (Å²) < 4.78 is 2.30. The van der Waals surface area contributed by atoms with Gasteiger partial charge in [-0.15, -0.1) is 0 Å². The van der Waals surface area contributed by atoms with Gasteiger partial charge in [-0.1, -0.05) is 75.8 Å². The third kappa shape index (κ3) is 6.37. The van der Waals surface area contributed by atoms with E-state index in [9.17, 15) is 14.9 Å². The highest BCUT2D eigenvalue weighted by molar-refractivity contribution is 8.26. The number of thioether (sulfide) groups is 1. The first-order chi connectivity index (χ1) is 16.9. The van der Waals surface area contributed by atoms with Crippen LogP contribution in [0.2, 0.25) is 0 Å². The van der Waals surface area contributed by atoms with Crippen LogP contribution in [0.1, 0.15) is 94.7 Å². The molecule has 0 N–H and O–H groups in total. The van der Waals surface area contributed by atoms with Gasteiger partial charge in [-0.2, -0.15) is 5.26 Å². The zero-order chi connectivity index (χ0) is 25.4. The lowest BCUT2D eigenvalue weighted by Gasteiger charge is -2.29. The number of nitriles is 1. The van der Waals surface area contributed by atoms with Crippen LogP contribution in [0.15, 0.2) is 9.70 Å². The fraction of sp³-hybridized carbons (Fsp3) is 0.630. The number of carbonyl (C=O) groups excluding carboxylic acids is 1. The van der Waals surface area contributed by atoms with Gasteiger partial charge in [0, 0.05) is 31.7 Å². The topological polar surface area (TPSA) is 69.3 Å². The third-order valence-electron chi connectivity index (χ3n) is 6.95. The molecule has 0 aliphatic carbocycles. The van der Waals surface area contributed by atoms with E-state index in [2.05, 4.69) is 17.9 Å². The van der Waals surface area contributed by atoms with Crippen molar-refractivity contribution in [2.45, 2.75) is 91.5 Å². The maximum absolute atomic E-state index is 13.3. The Morgan fingerprint density at radius 3 is 2.31 bits per heavy atom. The molecule has 35 heavy (non-hydrogen) atoms. The summed E-state index contributed by atoms with van der Waals surface area (Å²) in [5.74, 6) is 0.764. The summed E-state index contributed by atoms with van der Waals surface area (Å²) in [7, 11) is 0. The molecule has 2 aliphatic rings. The lowest BCUT2D eigenvalue weighted by Crippen LogP contribution is -2.35. The van der Waals surface area contributed by atoms with Crippen molar-refractivity contribution in [1.29, 1.82) is 5.26 Å². The first kappa shape index (κ1) is 27.5. The monoisotopic (exact) mass is 514 g/mol. The molecule has 0 saturated carbocycles. The van der Waals surface area contributed by atoms with E-state index in [1.54, 1.807) is 9.47 Å². The molecule has 1 amide bonds. The van der Waals surface area contributed by atoms with Crippen LogP contribution in [-0.2, 0) is 11.3 Å². The van der Waals surface area contributed by atoms with E-state index >= 15 is 0 Å². The number of thiocarbonyl (C=S) groups is 1. The SMILES string of the molecule is CCCCCCCCN1C(=O)/C(=C\c2c(C)c(C#N)c(=O)n(CC)c2N2CCCCCC2)SC1=S. The summed E-state index contributed by atoms with van der Waals surface area (Å²) in [6, 6.07) is 2.11. The lowest BCUT2D eigenvalue weighted by atomic mass is 10.0. The third-order valence-corrected chi connectivity index (χ3v) is 8.33. The summed E-state index contributed by atoms with van der Waals surface area (Å²) in [5, 5.41) is 9.76. The average molecular weight is 515 g/mol. The van der Waals surface area contributed by atoms with Crippen LogP contribution in [0.25, 0.3) is 6.08 Å². The number of rotatable bonds is 10. The van der Waals surface area contributed by atoms with E-state index in [0.29, 0.717) is 27.9 Å². The maximum Gasteiger partial charge on any atom is 0.270 e. The van der Waals surface area contributed by atoms with E-state index in [1.807, 2.05) is 19.9 Å². The predicted octanol–water partition coefficient (Wildman–Crippen LogP) is 5.99. The van der Waals surface area contributed by atoms with Crippen LogP contribution in [0.5, 0.6) is 0 Å². The summed E-state index contributed by atoms with van der Waals surface area (Å²) in [5.41, 5.74) is 1.34. The van der Waals surface area contributed by atoms with Crippen molar-refractivity contribution in [2.24, 2.45) is 0 Å². The van der Waals surface area contributed by atoms with Crippen LogP contribution < -0.4 is 10.5 Å². The molecule has 0 unspecified atom stereocenters. The van der Waals surface area contributed by atoms with E-state index < -0.39 is 0 Å². The summed E-state index contributed by atoms with van der Waals surface area (Å²) in [6.45, 7) is 8.81. The van der Waals surface area contributed by atoms with E-state index in [1.165, 1.54) is 50.3 Å². The largest absolute Gasteiger partial charge is 0.357 e. The zero-order valence-electron chi connectivity index (χ0n) is 21.4. The molecule has 0 radical (unpaired) electrons. The van der Waals surface area contributed by atoms with Crippen molar-refractivity contribution >= 4 is 46.1 Å². The summed E-state index contributed by atoms with van der Waals surface area (Å²) in [4.78, 5) is 31.0. The first-order valence-corrected chi connectivity index (χ1v) is 14.3. The number of unbranched alkanes of at least 4 members (excludes halogenated alkanes) is 5. The standard InChI is InChI=1S/C27H38N4O2S2/c1-4-6-7-8-9-14-17-31-26(33)23(35-27(31)34)18-21-20(3)22(19-28)25(32)30(5-2)24(21)29-15-12-10-11-13-16-29/h18H,4-17H2,1-3H3/b23-18+. The minimum absolute atomic E-state index is 0.0671. The molecule has 1 aromatic heterocycles. The average Bonchev–Trinajstić information content (AvgIpc) is 3.02. The van der Waals surface area contributed by atoms with Crippen LogP contribution in [0, 0.1) is 18.3 Å². The number of nitrogens with zero attached hydrogens (tertiary/aromatic N) is 4. The van der Waals surface area contributed by atoms with Gasteiger partial charge in [0.05, 0.1) is 4.91 Å². The Morgan fingerprint density at radius 2 is 1.69 bits per heavy atom. The van der Waals surface area contributed by atoms with Crippen molar-refractivity contribution in [1.82, 2.24) is 9.47 Å². The Kier molecular flexibility index (Phi) is 10.4. The van der Waals surface area contributed by atoms with Crippen LogP contribution >= 0.6 is 24.0 Å². The number of amides is 1. The molecule has 0 spiro atoms. The number of hydrogen-bond acceptors (Lipinski definition) is 6. The number of hydrogen-bond donors (Lipinski definition) is 0. The van der Waals surface area contributed by atoms with Gasteiger partial charge in [-0.25, -0.2) is 0 Å². The van der Waals surface area contributed by atoms with Gasteiger partial charge in [0.2, 0.25) is 0 Å². The molecule has 8 heteroatoms. The Bertz CT molecular complexity index is 1060. The number of anilines is 1. The van der Waals surface area contributed by atoms with Crippen LogP contribution in [0.4, 0.5) is 5.82 Å². The Hall–Kier alpha value is -2.11. The Balaban J connectivity index is 1.95. The maximum atomic E-state index is 13.3. The Labute approximate surface area is 219 Å². The fourth-order valence-corrected chi connectivity index (χ4v) is 6.23.